The number of halogens is 1. The molecule has 0 saturated heterocycles. The largest absolute Gasteiger partial charge is 0.488 e. The predicted molar refractivity (Wildman–Crippen MR) is 85.8 cm³/mol. The van der Waals surface area contributed by atoms with Gasteiger partial charge < -0.3 is 15.2 Å². The number of hydrogen-bond acceptors (Lipinski definition) is 3. The Morgan fingerprint density at radius 1 is 1.05 bits per heavy atom. The molecule has 0 heterocycles. The van der Waals surface area contributed by atoms with Crippen molar-refractivity contribution in [2.45, 2.75) is 26.3 Å². The van der Waals surface area contributed by atoms with E-state index in [1.807, 2.05) is 18.2 Å². The van der Waals surface area contributed by atoms with Gasteiger partial charge in [0.25, 0.3) is 0 Å². The zero-order valence-electron chi connectivity index (χ0n) is 13.0. The second-order valence-corrected chi connectivity index (χ2v) is 5.71. The van der Waals surface area contributed by atoms with Gasteiger partial charge >= 0.3 is 0 Å². The SMILES string of the molecule is CC(C)C[C@H](N)COc1ccccc1Oc1cccc(F)c1. The lowest BCUT2D eigenvalue weighted by Gasteiger charge is -2.17. The standard InChI is InChI=1S/C18H22FNO2/c1-13(2)10-15(20)12-21-17-8-3-4-9-18(17)22-16-7-5-6-14(19)11-16/h3-9,11,13,15H,10,12,20H2,1-2H3/t15-/m0/s1. The molecule has 2 aromatic carbocycles. The molecule has 0 radical (unpaired) electrons. The average molecular weight is 303 g/mol. The molecule has 0 aliphatic rings. The van der Waals surface area contributed by atoms with E-state index in [4.69, 9.17) is 15.2 Å². The van der Waals surface area contributed by atoms with Crippen molar-refractivity contribution in [3.63, 3.8) is 0 Å². The zero-order chi connectivity index (χ0) is 15.9. The number of ether oxygens (including phenoxy) is 2. The molecule has 22 heavy (non-hydrogen) atoms. The molecule has 2 rings (SSSR count). The van der Waals surface area contributed by atoms with Crippen molar-refractivity contribution in [1.29, 1.82) is 0 Å². The minimum atomic E-state index is -0.338. The summed E-state index contributed by atoms with van der Waals surface area (Å²) in [5, 5.41) is 0. The molecule has 0 aromatic heterocycles. The molecule has 2 aromatic rings. The monoisotopic (exact) mass is 303 g/mol. The first-order valence-electron chi connectivity index (χ1n) is 7.45. The van der Waals surface area contributed by atoms with Crippen LogP contribution in [0.15, 0.2) is 48.5 Å². The Morgan fingerprint density at radius 2 is 1.77 bits per heavy atom. The Bertz CT molecular complexity index is 601. The molecule has 2 N–H and O–H groups in total. The van der Waals surface area contributed by atoms with Crippen molar-refractivity contribution in [2.24, 2.45) is 11.7 Å². The van der Waals surface area contributed by atoms with Crippen molar-refractivity contribution >= 4 is 0 Å². The molecule has 3 nitrogen and oxygen atoms in total. The van der Waals surface area contributed by atoms with E-state index < -0.39 is 0 Å². The maximum atomic E-state index is 13.2. The highest BCUT2D eigenvalue weighted by Gasteiger charge is 2.10. The van der Waals surface area contributed by atoms with Gasteiger partial charge in [0.2, 0.25) is 0 Å². The maximum absolute atomic E-state index is 13.2. The van der Waals surface area contributed by atoms with E-state index >= 15 is 0 Å². The van der Waals surface area contributed by atoms with Gasteiger partial charge in [-0.1, -0.05) is 32.0 Å². The molecule has 0 bridgehead atoms. The second-order valence-electron chi connectivity index (χ2n) is 5.71. The van der Waals surface area contributed by atoms with Crippen LogP contribution < -0.4 is 15.2 Å². The third-order valence-electron chi connectivity index (χ3n) is 3.10. The van der Waals surface area contributed by atoms with E-state index in [-0.39, 0.29) is 11.9 Å². The van der Waals surface area contributed by atoms with Crippen LogP contribution in [0.2, 0.25) is 0 Å². The Hall–Kier alpha value is -2.07. The molecule has 0 unspecified atom stereocenters. The minimum absolute atomic E-state index is 0.0257. The third-order valence-corrected chi connectivity index (χ3v) is 3.10. The first-order valence-corrected chi connectivity index (χ1v) is 7.45. The van der Waals surface area contributed by atoms with E-state index in [1.165, 1.54) is 12.1 Å². The lowest BCUT2D eigenvalue weighted by atomic mass is 10.1. The highest BCUT2D eigenvalue weighted by molar-refractivity contribution is 5.42. The third kappa shape index (κ3) is 5.04. The van der Waals surface area contributed by atoms with Crippen molar-refractivity contribution in [3.8, 4) is 17.2 Å². The molecule has 0 amide bonds. The van der Waals surface area contributed by atoms with Gasteiger partial charge in [0.05, 0.1) is 0 Å². The summed E-state index contributed by atoms with van der Waals surface area (Å²) in [6.45, 7) is 4.67. The zero-order valence-corrected chi connectivity index (χ0v) is 13.0. The second kappa shape index (κ2) is 7.80. The quantitative estimate of drug-likeness (QED) is 0.826. The summed E-state index contributed by atoms with van der Waals surface area (Å²) in [5.41, 5.74) is 6.03. The van der Waals surface area contributed by atoms with E-state index in [9.17, 15) is 4.39 Å². The van der Waals surface area contributed by atoms with Crippen LogP contribution in [0.5, 0.6) is 17.2 Å². The summed E-state index contributed by atoms with van der Waals surface area (Å²) in [6, 6.07) is 13.3. The molecule has 0 spiro atoms. The van der Waals surface area contributed by atoms with Crippen molar-refractivity contribution in [3.05, 3.63) is 54.3 Å². The molecule has 4 heteroatoms. The van der Waals surface area contributed by atoms with Crippen LogP contribution in [0.3, 0.4) is 0 Å². The molecule has 0 fully saturated rings. The van der Waals surface area contributed by atoms with Gasteiger partial charge in [-0.15, -0.1) is 0 Å². The lowest BCUT2D eigenvalue weighted by molar-refractivity contribution is 0.262. The first-order chi connectivity index (χ1) is 10.5. The molecule has 1 atom stereocenters. The average Bonchev–Trinajstić information content (AvgIpc) is 2.46. The normalized spacial score (nSPS) is 12.2. The number of nitrogens with two attached hydrogens (primary N) is 1. The topological polar surface area (TPSA) is 44.5 Å². The first kappa shape index (κ1) is 16.3. The Balaban J connectivity index is 2.03. The fraction of sp³-hybridized carbons (Fsp3) is 0.333. The molecular formula is C18H22FNO2. The molecule has 0 saturated carbocycles. The fourth-order valence-electron chi connectivity index (χ4n) is 2.18. The van der Waals surface area contributed by atoms with Crippen LogP contribution in [0.4, 0.5) is 4.39 Å². The van der Waals surface area contributed by atoms with Crippen LogP contribution in [-0.4, -0.2) is 12.6 Å². The van der Waals surface area contributed by atoms with Gasteiger partial charge in [0.1, 0.15) is 18.2 Å². The van der Waals surface area contributed by atoms with E-state index in [2.05, 4.69) is 13.8 Å². The lowest BCUT2D eigenvalue weighted by Crippen LogP contribution is -2.29. The van der Waals surface area contributed by atoms with Crippen LogP contribution >= 0.6 is 0 Å². The fourth-order valence-corrected chi connectivity index (χ4v) is 2.18. The van der Waals surface area contributed by atoms with E-state index in [0.717, 1.165) is 6.42 Å². The van der Waals surface area contributed by atoms with Crippen molar-refractivity contribution in [1.82, 2.24) is 0 Å². The van der Waals surface area contributed by atoms with Gasteiger partial charge in [-0.25, -0.2) is 4.39 Å². The van der Waals surface area contributed by atoms with Gasteiger partial charge in [0, 0.05) is 12.1 Å². The van der Waals surface area contributed by atoms with Gasteiger partial charge in [-0.05, 0) is 36.6 Å². The van der Waals surface area contributed by atoms with Gasteiger partial charge in [-0.2, -0.15) is 0 Å². The molecule has 0 aliphatic carbocycles. The number of benzene rings is 2. The molecular weight excluding hydrogens is 281 g/mol. The highest BCUT2D eigenvalue weighted by atomic mass is 19.1. The summed E-state index contributed by atoms with van der Waals surface area (Å²) in [5.74, 6) is 1.77. The van der Waals surface area contributed by atoms with E-state index in [1.54, 1.807) is 18.2 Å². The summed E-state index contributed by atoms with van der Waals surface area (Å²) in [7, 11) is 0. The van der Waals surface area contributed by atoms with Crippen LogP contribution in [-0.2, 0) is 0 Å². The summed E-state index contributed by atoms with van der Waals surface area (Å²) < 4.78 is 24.7. The minimum Gasteiger partial charge on any atom is -0.488 e. The number of para-hydroxylation sites is 2. The van der Waals surface area contributed by atoms with Crippen molar-refractivity contribution in [2.75, 3.05) is 6.61 Å². The molecule has 0 aliphatic heterocycles. The predicted octanol–water partition coefficient (Wildman–Crippen LogP) is 4.37. The summed E-state index contributed by atoms with van der Waals surface area (Å²) in [6.07, 6.45) is 0.896. The Labute approximate surface area is 130 Å². The summed E-state index contributed by atoms with van der Waals surface area (Å²) >= 11 is 0. The van der Waals surface area contributed by atoms with Gasteiger partial charge in [-0.3, -0.25) is 0 Å². The number of rotatable bonds is 7. The number of hydrogen-bond donors (Lipinski definition) is 1. The summed E-state index contributed by atoms with van der Waals surface area (Å²) in [4.78, 5) is 0. The highest BCUT2D eigenvalue weighted by Crippen LogP contribution is 2.31. The van der Waals surface area contributed by atoms with Crippen LogP contribution in [0, 0.1) is 11.7 Å². The Morgan fingerprint density at radius 3 is 2.45 bits per heavy atom. The maximum Gasteiger partial charge on any atom is 0.169 e. The van der Waals surface area contributed by atoms with Crippen LogP contribution in [0.1, 0.15) is 20.3 Å². The Kier molecular flexibility index (Phi) is 5.78. The van der Waals surface area contributed by atoms with Gasteiger partial charge in [0.15, 0.2) is 11.5 Å². The molecule has 118 valence electrons. The smallest absolute Gasteiger partial charge is 0.169 e. The van der Waals surface area contributed by atoms with Crippen molar-refractivity contribution < 1.29 is 13.9 Å². The van der Waals surface area contributed by atoms with Crippen LogP contribution in [0.25, 0.3) is 0 Å². The van der Waals surface area contributed by atoms with E-state index in [0.29, 0.717) is 29.8 Å².